The Morgan fingerprint density at radius 1 is 1.14 bits per heavy atom. The molecule has 0 bridgehead atoms. The molecule has 1 aromatic carbocycles. The zero-order valence-electron chi connectivity index (χ0n) is 12.7. The molecule has 1 aromatic heterocycles. The van der Waals surface area contributed by atoms with Crippen LogP contribution in [0.3, 0.4) is 0 Å². The summed E-state index contributed by atoms with van der Waals surface area (Å²) in [6.45, 7) is 5.88. The molecular formula is C17H22N2OS. The third kappa shape index (κ3) is 4.39. The standard InChI is InChI=1S/C17H22N2OS/c1-3-10-19(11-4-2)16(20)12-15-13-21-17(18-15)14-8-6-5-7-9-14/h5-9,13H,3-4,10-12H2,1-2H3. The number of hydrogen-bond acceptors (Lipinski definition) is 3. The Kier molecular flexibility index (Phi) is 5.93. The van der Waals surface area contributed by atoms with Crippen LogP contribution in [0.5, 0.6) is 0 Å². The van der Waals surface area contributed by atoms with Crippen LogP contribution in [0.15, 0.2) is 35.7 Å². The molecule has 1 amide bonds. The Bertz CT molecular complexity index is 559. The Morgan fingerprint density at radius 3 is 2.43 bits per heavy atom. The van der Waals surface area contributed by atoms with Crippen LogP contribution >= 0.6 is 11.3 Å². The molecule has 0 N–H and O–H groups in total. The highest BCUT2D eigenvalue weighted by atomic mass is 32.1. The number of carbonyl (C=O) groups is 1. The third-order valence-corrected chi connectivity index (χ3v) is 4.18. The Balaban J connectivity index is 2.03. The Labute approximate surface area is 130 Å². The summed E-state index contributed by atoms with van der Waals surface area (Å²) in [6.07, 6.45) is 2.40. The highest BCUT2D eigenvalue weighted by molar-refractivity contribution is 7.13. The summed E-state index contributed by atoms with van der Waals surface area (Å²) in [6, 6.07) is 10.1. The fraction of sp³-hybridized carbons (Fsp3) is 0.412. The van der Waals surface area contributed by atoms with Crippen molar-refractivity contribution in [3.63, 3.8) is 0 Å². The molecule has 0 spiro atoms. The third-order valence-electron chi connectivity index (χ3n) is 3.24. The Morgan fingerprint density at radius 2 is 1.81 bits per heavy atom. The molecular weight excluding hydrogens is 280 g/mol. The van der Waals surface area contributed by atoms with Crippen LogP contribution in [0.4, 0.5) is 0 Å². The van der Waals surface area contributed by atoms with E-state index >= 15 is 0 Å². The van der Waals surface area contributed by atoms with Crippen molar-refractivity contribution in [1.29, 1.82) is 0 Å². The number of nitrogens with zero attached hydrogens (tertiary/aromatic N) is 2. The topological polar surface area (TPSA) is 33.2 Å². The second-order valence-corrected chi connectivity index (χ2v) is 5.93. The average Bonchev–Trinajstić information content (AvgIpc) is 2.96. The molecule has 0 radical (unpaired) electrons. The fourth-order valence-electron chi connectivity index (χ4n) is 2.27. The molecule has 112 valence electrons. The molecule has 0 saturated heterocycles. The van der Waals surface area contributed by atoms with Gasteiger partial charge < -0.3 is 4.90 Å². The first-order valence-electron chi connectivity index (χ1n) is 7.52. The van der Waals surface area contributed by atoms with Gasteiger partial charge >= 0.3 is 0 Å². The SMILES string of the molecule is CCCN(CCC)C(=O)Cc1csc(-c2ccccc2)n1. The molecule has 2 rings (SSSR count). The lowest BCUT2D eigenvalue weighted by Gasteiger charge is -2.20. The van der Waals surface area contributed by atoms with Crippen molar-refractivity contribution >= 4 is 17.2 Å². The van der Waals surface area contributed by atoms with Gasteiger partial charge in [-0.3, -0.25) is 4.79 Å². The number of aromatic nitrogens is 1. The van der Waals surface area contributed by atoms with Gasteiger partial charge in [-0.2, -0.15) is 0 Å². The molecule has 2 aromatic rings. The van der Waals surface area contributed by atoms with Crippen molar-refractivity contribution in [2.45, 2.75) is 33.1 Å². The number of carbonyl (C=O) groups excluding carboxylic acids is 1. The van der Waals surface area contributed by atoms with Gasteiger partial charge in [0.2, 0.25) is 5.91 Å². The van der Waals surface area contributed by atoms with Crippen molar-refractivity contribution in [2.75, 3.05) is 13.1 Å². The second kappa shape index (κ2) is 7.93. The lowest BCUT2D eigenvalue weighted by molar-refractivity contribution is -0.130. The maximum atomic E-state index is 12.3. The van der Waals surface area contributed by atoms with E-state index in [1.807, 2.05) is 40.6 Å². The maximum absolute atomic E-state index is 12.3. The quantitative estimate of drug-likeness (QED) is 0.774. The van der Waals surface area contributed by atoms with Gasteiger partial charge in [-0.1, -0.05) is 44.2 Å². The van der Waals surface area contributed by atoms with Crippen molar-refractivity contribution in [1.82, 2.24) is 9.88 Å². The van der Waals surface area contributed by atoms with E-state index in [1.165, 1.54) is 0 Å². The average molecular weight is 302 g/mol. The highest BCUT2D eigenvalue weighted by Crippen LogP contribution is 2.23. The van der Waals surface area contributed by atoms with Crippen molar-refractivity contribution in [3.8, 4) is 10.6 Å². The van der Waals surface area contributed by atoms with Gasteiger partial charge in [-0.25, -0.2) is 4.98 Å². The minimum absolute atomic E-state index is 0.184. The summed E-state index contributed by atoms with van der Waals surface area (Å²) in [5, 5.41) is 2.98. The summed E-state index contributed by atoms with van der Waals surface area (Å²) in [7, 11) is 0. The van der Waals surface area contributed by atoms with Gasteiger partial charge in [0.05, 0.1) is 12.1 Å². The summed E-state index contributed by atoms with van der Waals surface area (Å²) in [4.78, 5) is 18.9. The van der Waals surface area contributed by atoms with Crippen molar-refractivity contribution in [3.05, 3.63) is 41.4 Å². The van der Waals surface area contributed by atoms with Gasteiger partial charge in [0.1, 0.15) is 5.01 Å². The number of benzene rings is 1. The van der Waals surface area contributed by atoms with E-state index in [0.717, 1.165) is 42.2 Å². The number of rotatable bonds is 7. The minimum atomic E-state index is 0.184. The lowest BCUT2D eigenvalue weighted by atomic mass is 10.2. The first-order valence-corrected chi connectivity index (χ1v) is 8.40. The van der Waals surface area contributed by atoms with Crippen LogP contribution in [0.1, 0.15) is 32.4 Å². The molecule has 0 aliphatic heterocycles. The summed E-state index contributed by atoms with van der Waals surface area (Å²) >= 11 is 1.60. The number of amides is 1. The molecule has 21 heavy (non-hydrogen) atoms. The van der Waals surface area contributed by atoms with Gasteiger partial charge in [-0.15, -0.1) is 11.3 Å². The Hall–Kier alpha value is -1.68. The summed E-state index contributed by atoms with van der Waals surface area (Å²) in [5.74, 6) is 0.184. The summed E-state index contributed by atoms with van der Waals surface area (Å²) in [5.41, 5.74) is 1.99. The zero-order chi connectivity index (χ0) is 15.1. The van der Waals surface area contributed by atoms with Crippen LogP contribution in [0, 0.1) is 0 Å². The minimum Gasteiger partial charge on any atom is -0.342 e. The molecule has 0 aliphatic carbocycles. The first kappa shape index (κ1) is 15.7. The van der Waals surface area contributed by atoms with Crippen molar-refractivity contribution in [2.24, 2.45) is 0 Å². The predicted octanol–water partition coefficient (Wildman–Crippen LogP) is 4.00. The van der Waals surface area contributed by atoms with E-state index < -0.39 is 0 Å². The van der Waals surface area contributed by atoms with Gasteiger partial charge in [0.25, 0.3) is 0 Å². The van der Waals surface area contributed by atoms with Crippen LogP contribution < -0.4 is 0 Å². The molecule has 1 heterocycles. The molecule has 0 unspecified atom stereocenters. The maximum Gasteiger partial charge on any atom is 0.228 e. The van der Waals surface area contributed by atoms with Gasteiger partial charge in [0.15, 0.2) is 0 Å². The molecule has 0 saturated carbocycles. The zero-order valence-corrected chi connectivity index (χ0v) is 13.5. The largest absolute Gasteiger partial charge is 0.342 e. The monoisotopic (exact) mass is 302 g/mol. The number of thiazole rings is 1. The van der Waals surface area contributed by atoms with E-state index in [2.05, 4.69) is 18.8 Å². The molecule has 0 fully saturated rings. The van der Waals surface area contributed by atoms with Crippen LogP contribution in [-0.4, -0.2) is 28.9 Å². The van der Waals surface area contributed by atoms with E-state index in [-0.39, 0.29) is 5.91 Å². The van der Waals surface area contributed by atoms with Gasteiger partial charge in [-0.05, 0) is 12.8 Å². The van der Waals surface area contributed by atoms with E-state index in [1.54, 1.807) is 11.3 Å². The predicted molar refractivity (Wildman–Crippen MR) is 88.4 cm³/mol. The van der Waals surface area contributed by atoms with Crippen LogP contribution in [0.2, 0.25) is 0 Å². The smallest absolute Gasteiger partial charge is 0.228 e. The van der Waals surface area contributed by atoms with E-state index in [9.17, 15) is 4.79 Å². The number of hydrogen-bond donors (Lipinski definition) is 0. The normalized spacial score (nSPS) is 10.6. The van der Waals surface area contributed by atoms with Crippen LogP contribution in [-0.2, 0) is 11.2 Å². The molecule has 0 aliphatic rings. The lowest BCUT2D eigenvalue weighted by Crippen LogP contribution is -2.33. The second-order valence-electron chi connectivity index (χ2n) is 5.07. The van der Waals surface area contributed by atoms with Crippen LogP contribution in [0.25, 0.3) is 10.6 Å². The van der Waals surface area contributed by atoms with Gasteiger partial charge in [0, 0.05) is 24.0 Å². The first-order chi connectivity index (χ1) is 10.2. The molecule has 3 nitrogen and oxygen atoms in total. The van der Waals surface area contributed by atoms with Crippen molar-refractivity contribution < 1.29 is 4.79 Å². The van der Waals surface area contributed by atoms with E-state index in [0.29, 0.717) is 6.42 Å². The molecule has 0 atom stereocenters. The summed E-state index contributed by atoms with van der Waals surface area (Å²) < 4.78 is 0. The van der Waals surface area contributed by atoms with E-state index in [4.69, 9.17) is 0 Å². The fourth-order valence-corrected chi connectivity index (χ4v) is 3.10. The molecule has 4 heteroatoms. The highest BCUT2D eigenvalue weighted by Gasteiger charge is 2.14.